The van der Waals surface area contributed by atoms with Crippen LogP contribution in [-0.2, 0) is 0 Å². The van der Waals surface area contributed by atoms with Crippen LogP contribution < -0.4 is 14.8 Å². The minimum atomic E-state index is -0.202. The van der Waals surface area contributed by atoms with Crippen LogP contribution >= 0.6 is 0 Å². The van der Waals surface area contributed by atoms with Gasteiger partial charge in [0.25, 0.3) is 5.91 Å². The van der Waals surface area contributed by atoms with Gasteiger partial charge in [0.15, 0.2) is 0 Å². The van der Waals surface area contributed by atoms with E-state index in [1.165, 1.54) is 0 Å². The number of aldehydes is 1. The zero-order chi connectivity index (χ0) is 15.8. The lowest BCUT2D eigenvalue weighted by molar-refractivity contribution is 0.0946. The van der Waals surface area contributed by atoms with Crippen LogP contribution in [0, 0.1) is 0 Å². The molecule has 1 amide bonds. The number of benzene rings is 2. The molecule has 1 N–H and O–H groups in total. The molecule has 0 spiro atoms. The molecule has 0 aliphatic heterocycles. The molecular formula is C17H17NO4. The Bertz CT molecular complexity index is 637. The number of rotatable bonds is 7. The van der Waals surface area contributed by atoms with E-state index >= 15 is 0 Å². The van der Waals surface area contributed by atoms with Crippen LogP contribution in [0.25, 0.3) is 0 Å². The molecule has 0 bridgehead atoms. The Labute approximate surface area is 128 Å². The number of methoxy groups -OCH3 is 1. The van der Waals surface area contributed by atoms with Crippen LogP contribution in [0.15, 0.2) is 48.5 Å². The van der Waals surface area contributed by atoms with E-state index in [1.807, 2.05) is 18.2 Å². The Morgan fingerprint density at radius 2 is 1.86 bits per heavy atom. The minimum Gasteiger partial charge on any atom is -0.497 e. The third-order valence-electron chi connectivity index (χ3n) is 3.01. The molecule has 5 nitrogen and oxygen atoms in total. The molecule has 0 unspecified atom stereocenters. The summed E-state index contributed by atoms with van der Waals surface area (Å²) in [6, 6.07) is 13.7. The van der Waals surface area contributed by atoms with E-state index in [-0.39, 0.29) is 5.91 Å². The van der Waals surface area contributed by atoms with Gasteiger partial charge in [0.2, 0.25) is 0 Å². The van der Waals surface area contributed by atoms with E-state index in [4.69, 9.17) is 9.47 Å². The lowest BCUT2D eigenvalue weighted by Crippen LogP contribution is -2.28. The first-order chi connectivity index (χ1) is 10.7. The topological polar surface area (TPSA) is 64.6 Å². The van der Waals surface area contributed by atoms with Crippen molar-refractivity contribution in [2.24, 2.45) is 0 Å². The van der Waals surface area contributed by atoms with Gasteiger partial charge in [-0.3, -0.25) is 9.59 Å². The first-order valence-corrected chi connectivity index (χ1v) is 6.83. The molecule has 0 aliphatic carbocycles. The molecule has 0 radical (unpaired) electrons. The summed E-state index contributed by atoms with van der Waals surface area (Å²) in [5.74, 6) is 1.20. The predicted octanol–water partition coefficient (Wildman–Crippen LogP) is 2.32. The lowest BCUT2D eigenvalue weighted by atomic mass is 10.1. The number of hydrogen-bond donors (Lipinski definition) is 1. The van der Waals surface area contributed by atoms with E-state index in [0.717, 1.165) is 12.0 Å². The highest BCUT2D eigenvalue weighted by Gasteiger charge is 2.04. The van der Waals surface area contributed by atoms with Crippen molar-refractivity contribution in [2.45, 2.75) is 0 Å². The van der Waals surface area contributed by atoms with Gasteiger partial charge in [0.1, 0.15) is 24.4 Å². The van der Waals surface area contributed by atoms with Gasteiger partial charge >= 0.3 is 0 Å². The molecule has 22 heavy (non-hydrogen) atoms. The number of amides is 1. The molecule has 114 valence electrons. The highest BCUT2D eigenvalue weighted by atomic mass is 16.5. The molecule has 2 aromatic carbocycles. The number of carbonyl (C=O) groups is 2. The van der Waals surface area contributed by atoms with Gasteiger partial charge < -0.3 is 14.8 Å². The Morgan fingerprint density at radius 1 is 1.14 bits per heavy atom. The summed E-state index contributed by atoms with van der Waals surface area (Å²) in [5.41, 5.74) is 1.05. The normalized spacial score (nSPS) is 9.86. The number of ether oxygens (including phenoxy) is 2. The second-order valence-electron chi connectivity index (χ2n) is 4.52. The molecule has 2 rings (SSSR count). The molecule has 0 heterocycles. The van der Waals surface area contributed by atoms with Crippen LogP contribution in [0.5, 0.6) is 11.5 Å². The Kier molecular flexibility index (Phi) is 5.54. The average molecular weight is 299 g/mol. The molecule has 0 aromatic heterocycles. The highest BCUT2D eigenvalue weighted by Crippen LogP contribution is 2.18. The van der Waals surface area contributed by atoms with Crippen molar-refractivity contribution in [2.75, 3.05) is 20.3 Å². The summed E-state index contributed by atoms with van der Waals surface area (Å²) in [5, 5.41) is 2.75. The molecule has 5 heteroatoms. The van der Waals surface area contributed by atoms with Gasteiger partial charge in [0, 0.05) is 17.2 Å². The Morgan fingerprint density at radius 3 is 2.55 bits per heavy atom. The fourth-order valence-corrected chi connectivity index (χ4v) is 1.84. The standard InChI is InChI=1S/C17H17NO4/c1-21-15-3-2-4-16(11-15)22-10-9-18-17(20)14-7-5-13(12-19)6-8-14/h2-8,11-12H,9-10H2,1H3,(H,18,20). The minimum absolute atomic E-state index is 0.202. The van der Waals surface area contributed by atoms with Gasteiger partial charge in [-0.2, -0.15) is 0 Å². The summed E-state index contributed by atoms with van der Waals surface area (Å²) >= 11 is 0. The molecular weight excluding hydrogens is 282 g/mol. The van der Waals surface area contributed by atoms with Crippen molar-refractivity contribution in [3.63, 3.8) is 0 Å². The van der Waals surface area contributed by atoms with E-state index in [9.17, 15) is 9.59 Å². The maximum absolute atomic E-state index is 11.9. The first kappa shape index (κ1) is 15.6. The summed E-state index contributed by atoms with van der Waals surface area (Å²) in [4.78, 5) is 22.4. The number of hydrogen-bond acceptors (Lipinski definition) is 4. The van der Waals surface area contributed by atoms with E-state index in [2.05, 4.69) is 5.32 Å². The van der Waals surface area contributed by atoms with Crippen LogP contribution in [0.4, 0.5) is 0 Å². The predicted molar refractivity (Wildman–Crippen MR) is 82.7 cm³/mol. The average Bonchev–Trinajstić information content (AvgIpc) is 2.58. The number of carbonyl (C=O) groups excluding carboxylic acids is 2. The second kappa shape index (κ2) is 7.83. The molecule has 0 saturated carbocycles. The van der Waals surface area contributed by atoms with Crippen molar-refractivity contribution < 1.29 is 19.1 Å². The monoisotopic (exact) mass is 299 g/mol. The van der Waals surface area contributed by atoms with Crippen LogP contribution in [0.2, 0.25) is 0 Å². The molecule has 2 aromatic rings. The summed E-state index contributed by atoms with van der Waals surface area (Å²) < 4.78 is 10.6. The largest absolute Gasteiger partial charge is 0.497 e. The fraction of sp³-hybridized carbons (Fsp3) is 0.176. The third kappa shape index (κ3) is 4.34. The lowest BCUT2D eigenvalue weighted by Gasteiger charge is -2.09. The fourth-order valence-electron chi connectivity index (χ4n) is 1.84. The van der Waals surface area contributed by atoms with Crippen LogP contribution in [-0.4, -0.2) is 32.5 Å². The first-order valence-electron chi connectivity index (χ1n) is 6.83. The quantitative estimate of drug-likeness (QED) is 0.629. The van der Waals surface area contributed by atoms with Crippen molar-refractivity contribution in [3.8, 4) is 11.5 Å². The Hall–Kier alpha value is -2.82. The third-order valence-corrected chi connectivity index (χ3v) is 3.01. The zero-order valence-corrected chi connectivity index (χ0v) is 12.2. The number of nitrogens with one attached hydrogen (secondary N) is 1. The molecule has 0 saturated heterocycles. The summed E-state index contributed by atoms with van der Waals surface area (Å²) in [6.45, 7) is 0.733. The van der Waals surface area contributed by atoms with Gasteiger partial charge in [-0.25, -0.2) is 0 Å². The van der Waals surface area contributed by atoms with Crippen molar-refractivity contribution in [3.05, 3.63) is 59.7 Å². The molecule has 0 aliphatic rings. The van der Waals surface area contributed by atoms with Gasteiger partial charge in [-0.1, -0.05) is 18.2 Å². The van der Waals surface area contributed by atoms with Crippen molar-refractivity contribution in [1.29, 1.82) is 0 Å². The van der Waals surface area contributed by atoms with Crippen LogP contribution in [0.3, 0.4) is 0 Å². The van der Waals surface area contributed by atoms with Crippen molar-refractivity contribution >= 4 is 12.2 Å². The maximum atomic E-state index is 11.9. The van der Waals surface area contributed by atoms with Gasteiger partial charge in [-0.05, 0) is 24.3 Å². The van der Waals surface area contributed by atoms with Crippen molar-refractivity contribution in [1.82, 2.24) is 5.32 Å². The zero-order valence-electron chi connectivity index (χ0n) is 12.2. The van der Waals surface area contributed by atoms with E-state index in [1.54, 1.807) is 37.4 Å². The SMILES string of the molecule is COc1cccc(OCCNC(=O)c2ccc(C=O)cc2)c1. The maximum Gasteiger partial charge on any atom is 0.251 e. The van der Waals surface area contributed by atoms with Gasteiger partial charge in [0.05, 0.1) is 13.7 Å². The highest BCUT2D eigenvalue weighted by molar-refractivity contribution is 5.94. The summed E-state index contributed by atoms with van der Waals surface area (Å²) in [6.07, 6.45) is 0.740. The summed E-state index contributed by atoms with van der Waals surface area (Å²) in [7, 11) is 1.59. The second-order valence-corrected chi connectivity index (χ2v) is 4.52. The smallest absolute Gasteiger partial charge is 0.251 e. The van der Waals surface area contributed by atoms with E-state index in [0.29, 0.717) is 30.0 Å². The molecule has 0 fully saturated rings. The van der Waals surface area contributed by atoms with Crippen LogP contribution in [0.1, 0.15) is 20.7 Å². The Balaban J connectivity index is 1.77. The van der Waals surface area contributed by atoms with Gasteiger partial charge in [-0.15, -0.1) is 0 Å². The van der Waals surface area contributed by atoms with E-state index < -0.39 is 0 Å². The molecule has 0 atom stereocenters.